The second-order valence-corrected chi connectivity index (χ2v) is 5.89. The molecule has 6 heteroatoms. The number of fused-ring (bicyclic) bond motifs is 1. The van der Waals surface area contributed by atoms with Gasteiger partial charge in [0, 0.05) is 6.54 Å². The van der Waals surface area contributed by atoms with Crippen molar-refractivity contribution in [3.8, 4) is 0 Å². The number of aromatic nitrogens is 2. The highest BCUT2D eigenvalue weighted by Crippen LogP contribution is 2.31. The summed E-state index contributed by atoms with van der Waals surface area (Å²) >= 11 is 6.49. The Balaban J connectivity index is 1.98. The van der Waals surface area contributed by atoms with Gasteiger partial charge < -0.3 is 0 Å². The molecule has 1 aliphatic rings. The van der Waals surface area contributed by atoms with E-state index in [4.69, 9.17) is 12.2 Å². The summed E-state index contributed by atoms with van der Waals surface area (Å²) in [6.07, 6.45) is 3.41. The minimum Gasteiger partial charge on any atom is -0.293 e. The van der Waals surface area contributed by atoms with E-state index in [0.29, 0.717) is 21.5 Å². The predicted molar refractivity (Wildman–Crippen MR) is 85.1 cm³/mol. The zero-order valence-corrected chi connectivity index (χ0v) is 12.4. The van der Waals surface area contributed by atoms with E-state index in [-0.39, 0.29) is 5.91 Å². The lowest BCUT2D eigenvalue weighted by Gasteiger charge is -2.09. The van der Waals surface area contributed by atoms with E-state index in [0.717, 1.165) is 11.0 Å². The lowest BCUT2D eigenvalue weighted by Crippen LogP contribution is -2.27. The van der Waals surface area contributed by atoms with Gasteiger partial charge in [0.25, 0.3) is 5.91 Å². The lowest BCUT2D eigenvalue weighted by atomic mass is 10.3. The molecule has 0 N–H and O–H groups in total. The van der Waals surface area contributed by atoms with Gasteiger partial charge in [0.2, 0.25) is 0 Å². The van der Waals surface area contributed by atoms with E-state index >= 15 is 0 Å². The molecule has 2 aromatic rings. The van der Waals surface area contributed by atoms with Crippen molar-refractivity contribution in [2.24, 2.45) is 0 Å². The van der Waals surface area contributed by atoms with Gasteiger partial charge in [0.15, 0.2) is 0 Å². The normalized spacial score (nSPS) is 17.4. The highest BCUT2D eigenvalue weighted by molar-refractivity contribution is 8.26. The van der Waals surface area contributed by atoms with E-state index in [1.165, 1.54) is 11.8 Å². The fourth-order valence-electron chi connectivity index (χ4n) is 1.95. The molecule has 0 saturated carbocycles. The molecule has 1 aliphatic heterocycles. The van der Waals surface area contributed by atoms with Crippen LogP contribution in [0.1, 0.15) is 12.6 Å². The molecule has 3 rings (SSSR count). The van der Waals surface area contributed by atoms with E-state index in [1.807, 2.05) is 31.2 Å². The number of rotatable bonds is 2. The minimum atomic E-state index is -0.0579. The van der Waals surface area contributed by atoms with Crippen LogP contribution in [0.25, 0.3) is 17.1 Å². The Morgan fingerprint density at radius 3 is 2.80 bits per heavy atom. The smallest absolute Gasteiger partial charge is 0.266 e. The maximum Gasteiger partial charge on any atom is 0.266 e. The molecule has 20 heavy (non-hydrogen) atoms. The molecule has 1 saturated heterocycles. The van der Waals surface area contributed by atoms with Crippen LogP contribution in [0.2, 0.25) is 0 Å². The van der Waals surface area contributed by atoms with E-state index in [9.17, 15) is 4.79 Å². The van der Waals surface area contributed by atoms with Gasteiger partial charge in [-0.25, -0.2) is 4.98 Å². The van der Waals surface area contributed by atoms with Crippen LogP contribution in [-0.4, -0.2) is 31.6 Å². The molecule has 0 aliphatic carbocycles. The molecule has 0 atom stereocenters. The summed E-state index contributed by atoms with van der Waals surface area (Å²) in [5.74, 6) is -0.0579. The number of nitrogens with zero attached hydrogens (tertiary/aromatic N) is 3. The second kappa shape index (κ2) is 5.30. The Bertz CT molecular complexity index is 742. The Kier molecular flexibility index (Phi) is 3.50. The number of thiocarbonyl (C=S) groups is 1. The van der Waals surface area contributed by atoms with E-state index in [2.05, 4.69) is 9.97 Å². The third-order valence-electron chi connectivity index (χ3n) is 2.94. The first-order valence-corrected chi connectivity index (χ1v) is 7.38. The predicted octanol–water partition coefficient (Wildman–Crippen LogP) is 2.85. The standard InChI is InChI=1S/C14H11N3OS2/c1-2-17-13(18)12(20-14(17)19)7-9-8-15-10-5-3-4-6-11(10)16-9/h3-8H,2H2,1H3/b12-7-. The molecule has 0 spiro atoms. The molecule has 1 amide bonds. The van der Waals surface area contributed by atoms with E-state index < -0.39 is 0 Å². The molecule has 0 unspecified atom stereocenters. The number of hydrogen-bond acceptors (Lipinski definition) is 5. The first kappa shape index (κ1) is 13.2. The summed E-state index contributed by atoms with van der Waals surface area (Å²) in [6.45, 7) is 2.49. The summed E-state index contributed by atoms with van der Waals surface area (Å²) in [5.41, 5.74) is 2.32. The van der Waals surface area contributed by atoms with Crippen LogP contribution in [0.5, 0.6) is 0 Å². The Hall–Kier alpha value is -1.79. The topological polar surface area (TPSA) is 46.1 Å². The minimum absolute atomic E-state index is 0.0579. The first-order chi connectivity index (χ1) is 9.69. The molecule has 4 nitrogen and oxygen atoms in total. The molecule has 2 heterocycles. The Morgan fingerprint density at radius 1 is 1.35 bits per heavy atom. The number of para-hydroxylation sites is 2. The van der Waals surface area contributed by atoms with Crippen molar-refractivity contribution in [1.29, 1.82) is 0 Å². The summed E-state index contributed by atoms with van der Waals surface area (Å²) < 4.78 is 0.595. The van der Waals surface area contributed by atoms with Crippen molar-refractivity contribution in [2.75, 3.05) is 6.54 Å². The van der Waals surface area contributed by atoms with Gasteiger partial charge in [-0.2, -0.15) is 0 Å². The number of carbonyl (C=O) groups excluding carboxylic acids is 1. The van der Waals surface area contributed by atoms with Crippen molar-refractivity contribution in [1.82, 2.24) is 14.9 Å². The van der Waals surface area contributed by atoms with Crippen molar-refractivity contribution in [3.05, 3.63) is 41.1 Å². The molecular formula is C14H11N3OS2. The zero-order chi connectivity index (χ0) is 14.1. The number of hydrogen-bond donors (Lipinski definition) is 0. The van der Waals surface area contributed by atoms with Crippen LogP contribution < -0.4 is 0 Å². The van der Waals surface area contributed by atoms with Gasteiger partial charge in [-0.3, -0.25) is 14.7 Å². The second-order valence-electron chi connectivity index (χ2n) is 4.21. The molecule has 0 radical (unpaired) electrons. The lowest BCUT2D eigenvalue weighted by molar-refractivity contribution is -0.121. The van der Waals surface area contributed by atoms with Crippen LogP contribution in [-0.2, 0) is 4.79 Å². The average molecular weight is 301 g/mol. The van der Waals surface area contributed by atoms with Crippen LogP contribution in [0.15, 0.2) is 35.4 Å². The molecule has 100 valence electrons. The van der Waals surface area contributed by atoms with Gasteiger partial charge in [0.1, 0.15) is 4.32 Å². The third kappa shape index (κ3) is 2.32. The molecule has 1 aromatic carbocycles. The number of likely N-dealkylation sites (N-methyl/N-ethyl adjacent to an activating group) is 1. The zero-order valence-electron chi connectivity index (χ0n) is 10.7. The van der Waals surface area contributed by atoms with Crippen molar-refractivity contribution in [2.45, 2.75) is 6.92 Å². The molecular weight excluding hydrogens is 290 g/mol. The van der Waals surface area contributed by atoms with Crippen LogP contribution in [0.3, 0.4) is 0 Å². The summed E-state index contributed by atoms with van der Waals surface area (Å²) in [6, 6.07) is 7.64. The van der Waals surface area contributed by atoms with Crippen LogP contribution in [0, 0.1) is 0 Å². The van der Waals surface area contributed by atoms with Gasteiger partial charge in [-0.05, 0) is 25.1 Å². The van der Waals surface area contributed by atoms with Gasteiger partial charge >= 0.3 is 0 Å². The SMILES string of the molecule is CCN1C(=O)/C(=C/c2cnc3ccccc3n2)SC1=S. The summed E-state index contributed by atoms with van der Waals surface area (Å²) in [7, 11) is 0. The summed E-state index contributed by atoms with van der Waals surface area (Å²) in [5, 5.41) is 0. The number of thioether (sulfide) groups is 1. The molecule has 0 bridgehead atoms. The average Bonchev–Trinajstić information content (AvgIpc) is 2.73. The van der Waals surface area contributed by atoms with E-state index in [1.54, 1.807) is 17.2 Å². The van der Waals surface area contributed by atoms with Crippen molar-refractivity contribution < 1.29 is 4.79 Å². The van der Waals surface area contributed by atoms with Gasteiger partial charge in [0.05, 0.1) is 27.8 Å². The Morgan fingerprint density at radius 2 is 2.10 bits per heavy atom. The monoisotopic (exact) mass is 301 g/mol. The number of amides is 1. The Labute approximate surface area is 125 Å². The molecule has 1 aromatic heterocycles. The highest BCUT2D eigenvalue weighted by atomic mass is 32.2. The third-order valence-corrected chi connectivity index (χ3v) is 4.31. The highest BCUT2D eigenvalue weighted by Gasteiger charge is 2.30. The maximum absolute atomic E-state index is 12.1. The van der Waals surface area contributed by atoms with Gasteiger partial charge in [-0.1, -0.05) is 36.1 Å². The fourth-order valence-corrected chi connectivity index (χ4v) is 3.32. The maximum atomic E-state index is 12.1. The molecule has 1 fully saturated rings. The largest absolute Gasteiger partial charge is 0.293 e. The number of benzene rings is 1. The van der Waals surface area contributed by atoms with Gasteiger partial charge in [-0.15, -0.1) is 0 Å². The van der Waals surface area contributed by atoms with Crippen molar-refractivity contribution in [3.63, 3.8) is 0 Å². The van der Waals surface area contributed by atoms with Crippen LogP contribution >= 0.6 is 24.0 Å². The first-order valence-electron chi connectivity index (χ1n) is 6.16. The summed E-state index contributed by atoms with van der Waals surface area (Å²) in [4.78, 5) is 23.1. The quantitative estimate of drug-likeness (QED) is 0.630. The number of carbonyl (C=O) groups is 1. The van der Waals surface area contributed by atoms with Crippen LogP contribution in [0.4, 0.5) is 0 Å². The van der Waals surface area contributed by atoms with Crippen molar-refractivity contribution >= 4 is 51.3 Å². The fraction of sp³-hybridized carbons (Fsp3) is 0.143.